The summed E-state index contributed by atoms with van der Waals surface area (Å²) in [7, 11) is 3.00. The molecule has 4 aromatic rings. The van der Waals surface area contributed by atoms with Crippen molar-refractivity contribution in [1.82, 2.24) is 0 Å². The molecule has 0 atom stereocenters. The first-order valence-corrected chi connectivity index (χ1v) is 11.3. The summed E-state index contributed by atoms with van der Waals surface area (Å²) in [6.45, 7) is 0. The third-order valence-corrected chi connectivity index (χ3v) is 5.73. The molecule has 0 aliphatic rings. The maximum absolute atomic E-state index is 12.8. The summed E-state index contributed by atoms with van der Waals surface area (Å²) in [4.78, 5) is 12.8. The monoisotopic (exact) mass is 478 g/mol. The maximum Gasteiger partial charge on any atom is 0.178 e. The number of phenols is 2. The fourth-order valence-corrected chi connectivity index (χ4v) is 4.07. The molecule has 0 aliphatic heterocycles. The van der Waals surface area contributed by atoms with E-state index in [1.807, 2.05) is 60.7 Å². The van der Waals surface area contributed by atoms with Gasteiger partial charge in [-0.25, -0.2) is 0 Å². The summed E-state index contributed by atoms with van der Waals surface area (Å²) in [5.74, 6) is 0.501. The highest BCUT2D eigenvalue weighted by Crippen LogP contribution is 2.41. The average molecular weight is 479 g/mol. The molecule has 0 radical (unpaired) electrons. The zero-order valence-electron chi connectivity index (χ0n) is 20.0. The van der Waals surface area contributed by atoms with Crippen molar-refractivity contribution in [2.45, 2.75) is 0 Å². The molecule has 4 rings (SSSR count). The molecular formula is C31H26O5. The van der Waals surface area contributed by atoms with Gasteiger partial charge >= 0.3 is 0 Å². The lowest BCUT2D eigenvalue weighted by Gasteiger charge is -2.14. The molecule has 0 spiro atoms. The number of benzene rings is 4. The second kappa shape index (κ2) is 11.1. The van der Waals surface area contributed by atoms with Crippen LogP contribution in [0.15, 0.2) is 97.1 Å². The number of carbonyl (C=O) groups excluding carboxylic acids is 1. The topological polar surface area (TPSA) is 76.0 Å². The van der Waals surface area contributed by atoms with Crippen LogP contribution in [0, 0.1) is 0 Å². The fraction of sp³-hybridized carbons (Fsp3) is 0.0645. The Morgan fingerprint density at radius 3 is 1.36 bits per heavy atom. The highest BCUT2D eigenvalue weighted by molar-refractivity contribution is 6.05. The lowest BCUT2D eigenvalue weighted by atomic mass is 9.96. The smallest absolute Gasteiger partial charge is 0.178 e. The summed E-state index contributed by atoms with van der Waals surface area (Å²) < 4.78 is 10.9. The van der Waals surface area contributed by atoms with Crippen LogP contribution in [-0.2, 0) is 4.79 Å². The van der Waals surface area contributed by atoms with Crippen LogP contribution in [0.25, 0.3) is 34.4 Å². The van der Waals surface area contributed by atoms with E-state index in [1.54, 1.807) is 36.4 Å². The molecule has 0 saturated heterocycles. The molecular weight excluding hydrogens is 452 g/mol. The van der Waals surface area contributed by atoms with Gasteiger partial charge in [0.2, 0.25) is 0 Å². The van der Waals surface area contributed by atoms with Gasteiger partial charge in [-0.3, -0.25) is 4.79 Å². The number of phenolic OH excluding ortho intramolecular Hbond substituents is 2. The Morgan fingerprint density at radius 2 is 1.00 bits per heavy atom. The Labute approximate surface area is 210 Å². The van der Waals surface area contributed by atoms with Crippen molar-refractivity contribution in [2.24, 2.45) is 0 Å². The molecule has 5 heteroatoms. The van der Waals surface area contributed by atoms with E-state index < -0.39 is 0 Å². The van der Waals surface area contributed by atoms with Crippen molar-refractivity contribution in [3.63, 3.8) is 0 Å². The molecule has 0 heterocycles. The number of hydrogen-bond donors (Lipinski definition) is 2. The van der Waals surface area contributed by atoms with Gasteiger partial charge in [-0.2, -0.15) is 0 Å². The number of ether oxygens (including phenoxy) is 2. The predicted octanol–water partition coefficient (Wildman–Crippen LogP) is 6.74. The van der Waals surface area contributed by atoms with Crippen molar-refractivity contribution in [2.75, 3.05) is 14.2 Å². The summed E-state index contributed by atoms with van der Waals surface area (Å²) in [5.41, 5.74) is 4.57. The molecule has 0 aliphatic carbocycles. The van der Waals surface area contributed by atoms with Crippen molar-refractivity contribution in [3.05, 3.63) is 108 Å². The summed E-state index contributed by atoms with van der Waals surface area (Å²) in [5, 5.41) is 20.6. The molecule has 0 saturated carbocycles. The van der Waals surface area contributed by atoms with Crippen molar-refractivity contribution in [3.8, 4) is 45.3 Å². The highest BCUT2D eigenvalue weighted by atomic mass is 16.5. The van der Waals surface area contributed by atoms with E-state index in [4.69, 9.17) is 9.47 Å². The van der Waals surface area contributed by atoms with Gasteiger partial charge in [-0.15, -0.1) is 0 Å². The van der Waals surface area contributed by atoms with E-state index in [2.05, 4.69) is 0 Å². The first kappa shape index (κ1) is 24.4. The Kier molecular flexibility index (Phi) is 7.51. The van der Waals surface area contributed by atoms with Gasteiger partial charge in [0.15, 0.2) is 28.8 Å². The Hall–Kier alpha value is -4.77. The third kappa shape index (κ3) is 5.15. The van der Waals surface area contributed by atoms with Crippen molar-refractivity contribution < 1.29 is 24.5 Å². The molecule has 0 aromatic heterocycles. The molecule has 5 nitrogen and oxygen atoms in total. The van der Waals surface area contributed by atoms with Crippen LogP contribution >= 0.6 is 0 Å². The molecule has 0 fully saturated rings. The van der Waals surface area contributed by atoms with E-state index in [0.717, 1.165) is 22.3 Å². The minimum Gasteiger partial charge on any atom is -0.504 e. The standard InChI is InChI=1S/C31H26O5/c1-35-30-26(33)19-15-23(28(30)21-9-5-3-6-10-21)13-17-25(32)18-14-24-16-20-27(34)31(36-2)29(24)22-11-7-4-8-12-22/h3-20,33-34H,1-2H3/b17-13+,18-14+. The summed E-state index contributed by atoms with van der Waals surface area (Å²) >= 11 is 0. The number of carbonyl (C=O) groups is 1. The zero-order chi connectivity index (χ0) is 25.5. The largest absolute Gasteiger partial charge is 0.504 e. The van der Waals surface area contributed by atoms with Gasteiger partial charge in [0.25, 0.3) is 0 Å². The highest BCUT2D eigenvalue weighted by Gasteiger charge is 2.16. The summed E-state index contributed by atoms with van der Waals surface area (Å²) in [6, 6.07) is 25.6. The van der Waals surface area contributed by atoms with Crippen LogP contribution in [0.4, 0.5) is 0 Å². The first-order valence-electron chi connectivity index (χ1n) is 11.3. The van der Waals surface area contributed by atoms with E-state index in [0.29, 0.717) is 22.6 Å². The predicted molar refractivity (Wildman–Crippen MR) is 143 cm³/mol. The Bertz CT molecular complexity index is 1310. The fourth-order valence-electron chi connectivity index (χ4n) is 4.07. The average Bonchev–Trinajstić information content (AvgIpc) is 2.92. The van der Waals surface area contributed by atoms with E-state index in [9.17, 15) is 15.0 Å². The van der Waals surface area contributed by atoms with Crippen LogP contribution in [-0.4, -0.2) is 30.2 Å². The van der Waals surface area contributed by atoms with Gasteiger partial charge in [0.05, 0.1) is 14.2 Å². The quantitative estimate of drug-likeness (QED) is 0.274. The van der Waals surface area contributed by atoms with Gasteiger partial charge in [-0.1, -0.05) is 84.9 Å². The van der Waals surface area contributed by atoms with Crippen LogP contribution in [0.2, 0.25) is 0 Å². The first-order chi connectivity index (χ1) is 17.5. The molecule has 4 aromatic carbocycles. The normalized spacial score (nSPS) is 11.2. The van der Waals surface area contributed by atoms with Crippen LogP contribution < -0.4 is 9.47 Å². The van der Waals surface area contributed by atoms with Gasteiger partial charge < -0.3 is 19.7 Å². The van der Waals surface area contributed by atoms with Crippen LogP contribution in [0.3, 0.4) is 0 Å². The third-order valence-electron chi connectivity index (χ3n) is 5.73. The molecule has 180 valence electrons. The minimum absolute atomic E-state index is 0.0226. The molecule has 0 amide bonds. The van der Waals surface area contributed by atoms with Crippen LogP contribution in [0.1, 0.15) is 11.1 Å². The van der Waals surface area contributed by atoms with Crippen LogP contribution in [0.5, 0.6) is 23.0 Å². The zero-order valence-corrected chi connectivity index (χ0v) is 20.0. The van der Waals surface area contributed by atoms with E-state index in [-0.39, 0.29) is 17.3 Å². The van der Waals surface area contributed by atoms with Crippen molar-refractivity contribution in [1.29, 1.82) is 0 Å². The minimum atomic E-state index is -0.230. The molecule has 36 heavy (non-hydrogen) atoms. The number of allylic oxidation sites excluding steroid dienone is 2. The Balaban J connectivity index is 1.67. The SMILES string of the molecule is COc1c(O)ccc(/C=C/C(=O)/C=C/c2ccc(O)c(OC)c2-c2ccccc2)c1-c1ccccc1. The lowest BCUT2D eigenvalue weighted by molar-refractivity contribution is -0.110. The summed E-state index contributed by atoms with van der Waals surface area (Å²) in [6.07, 6.45) is 6.34. The molecule has 2 N–H and O–H groups in total. The number of hydrogen-bond acceptors (Lipinski definition) is 5. The van der Waals surface area contributed by atoms with Gasteiger partial charge in [-0.05, 0) is 46.5 Å². The van der Waals surface area contributed by atoms with Gasteiger partial charge in [0, 0.05) is 11.1 Å². The number of methoxy groups -OCH3 is 2. The van der Waals surface area contributed by atoms with E-state index in [1.165, 1.54) is 26.4 Å². The second-order valence-corrected chi connectivity index (χ2v) is 7.97. The number of aromatic hydroxyl groups is 2. The van der Waals surface area contributed by atoms with Gasteiger partial charge in [0.1, 0.15) is 0 Å². The van der Waals surface area contributed by atoms with E-state index >= 15 is 0 Å². The number of ketones is 1. The molecule has 0 bridgehead atoms. The Morgan fingerprint density at radius 1 is 0.611 bits per heavy atom. The second-order valence-electron chi connectivity index (χ2n) is 7.97. The lowest BCUT2D eigenvalue weighted by Crippen LogP contribution is -1.94. The van der Waals surface area contributed by atoms with Crippen molar-refractivity contribution >= 4 is 17.9 Å². The molecule has 0 unspecified atom stereocenters. The maximum atomic E-state index is 12.8. The number of rotatable bonds is 8.